The van der Waals surface area contributed by atoms with Gasteiger partial charge in [0.05, 0.1) is 11.8 Å². The largest absolute Gasteiger partial charge is 0.490 e. The standard InChI is InChI=1S/C14H12N2O5/c17-12-10(13(18)19)11(15-14(20)16-12)8-3-1-2-4-9(8)21-7-5-6-7/h1-4,7H,5-6H2,(H,18,19)(H2,15,16,17,20). The Hall–Kier alpha value is -2.83. The average Bonchev–Trinajstić information content (AvgIpc) is 3.21. The van der Waals surface area contributed by atoms with Crippen LogP contribution in [-0.2, 0) is 0 Å². The number of carboxylic acid groups (broad SMARTS) is 1. The SMILES string of the molecule is O=C(O)c1c(-c2ccccc2OC2CC2)[nH]c(=O)[nH]c1=O. The van der Waals surface area contributed by atoms with E-state index >= 15 is 0 Å². The number of hydrogen-bond acceptors (Lipinski definition) is 4. The maximum absolute atomic E-state index is 11.7. The molecule has 1 aliphatic rings. The maximum atomic E-state index is 11.7. The molecule has 3 rings (SSSR count). The van der Waals surface area contributed by atoms with Gasteiger partial charge in [0.2, 0.25) is 0 Å². The summed E-state index contributed by atoms with van der Waals surface area (Å²) < 4.78 is 5.70. The van der Waals surface area contributed by atoms with Gasteiger partial charge in [-0.1, -0.05) is 12.1 Å². The molecule has 1 saturated carbocycles. The van der Waals surface area contributed by atoms with Crippen LogP contribution in [0.1, 0.15) is 23.2 Å². The summed E-state index contributed by atoms with van der Waals surface area (Å²) in [6, 6.07) is 6.71. The third-order valence-corrected chi connectivity index (χ3v) is 3.13. The zero-order valence-electron chi connectivity index (χ0n) is 10.9. The van der Waals surface area contributed by atoms with Crippen LogP contribution in [-0.4, -0.2) is 27.1 Å². The molecule has 108 valence electrons. The predicted octanol–water partition coefficient (Wildman–Crippen LogP) is 0.970. The van der Waals surface area contributed by atoms with Crippen LogP contribution in [0.4, 0.5) is 0 Å². The summed E-state index contributed by atoms with van der Waals surface area (Å²) in [6.07, 6.45) is 1.98. The normalized spacial score (nSPS) is 13.9. The van der Waals surface area contributed by atoms with E-state index in [1.807, 2.05) is 4.98 Å². The Balaban J connectivity index is 2.22. The number of para-hydroxylation sites is 1. The van der Waals surface area contributed by atoms with Gasteiger partial charge in [-0.3, -0.25) is 9.78 Å². The van der Waals surface area contributed by atoms with E-state index in [1.165, 1.54) is 0 Å². The van der Waals surface area contributed by atoms with Crippen molar-refractivity contribution in [3.05, 3.63) is 50.7 Å². The number of carbonyl (C=O) groups is 1. The number of aromatic amines is 2. The van der Waals surface area contributed by atoms with Gasteiger partial charge in [-0.25, -0.2) is 9.59 Å². The van der Waals surface area contributed by atoms with Crippen LogP contribution in [0.2, 0.25) is 0 Å². The quantitative estimate of drug-likeness (QED) is 0.776. The van der Waals surface area contributed by atoms with Gasteiger partial charge < -0.3 is 14.8 Å². The van der Waals surface area contributed by atoms with Gasteiger partial charge in [0.15, 0.2) is 0 Å². The number of hydrogen-bond donors (Lipinski definition) is 3. The molecule has 7 nitrogen and oxygen atoms in total. The lowest BCUT2D eigenvalue weighted by Crippen LogP contribution is -2.29. The molecule has 1 aliphatic carbocycles. The molecule has 1 heterocycles. The Morgan fingerprint density at radius 1 is 1.19 bits per heavy atom. The number of nitrogens with one attached hydrogen (secondary N) is 2. The predicted molar refractivity (Wildman–Crippen MR) is 73.7 cm³/mol. The highest BCUT2D eigenvalue weighted by molar-refractivity contribution is 5.95. The Kier molecular flexibility index (Phi) is 3.09. The lowest BCUT2D eigenvalue weighted by atomic mass is 10.1. The minimum Gasteiger partial charge on any atom is -0.490 e. The van der Waals surface area contributed by atoms with E-state index in [0.29, 0.717) is 11.3 Å². The average molecular weight is 288 g/mol. The number of aromatic carboxylic acids is 1. The van der Waals surface area contributed by atoms with Crippen LogP contribution in [0.3, 0.4) is 0 Å². The van der Waals surface area contributed by atoms with E-state index < -0.39 is 22.8 Å². The molecule has 0 bridgehead atoms. The van der Waals surface area contributed by atoms with E-state index in [4.69, 9.17) is 4.74 Å². The minimum absolute atomic E-state index is 0.0486. The van der Waals surface area contributed by atoms with E-state index in [-0.39, 0.29) is 11.8 Å². The third-order valence-electron chi connectivity index (χ3n) is 3.13. The van der Waals surface area contributed by atoms with Crippen molar-refractivity contribution in [2.24, 2.45) is 0 Å². The van der Waals surface area contributed by atoms with Gasteiger partial charge in [0.25, 0.3) is 5.56 Å². The van der Waals surface area contributed by atoms with Crippen LogP contribution < -0.4 is 16.0 Å². The fraction of sp³-hybridized carbons (Fsp3) is 0.214. The second kappa shape index (κ2) is 4.93. The van der Waals surface area contributed by atoms with E-state index in [2.05, 4.69) is 4.98 Å². The Labute approximate surface area is 118 Å². The molecule has 0 spiro atoms. The molecular formula is C14H12N2O5. The first kappa shape index (κ1) is 13.2. The molecule has 1 aromatic carbocycles. The van der Waals surface area contributed by atoms with Crippen molar-refractivity contribution >= 4 is 5.97 Å². The van der Waals surface area contributed by atoms with Crippen molar-refractivity contribution in [2.45, 2.75) is 18.9 Å². The van der Waals surface area contributed by atoms with E-state index in [0.717, 1.165) is 12.8 Å². The van der Waals surface area contributed by atoms with Crippen LogP contribution in [0.5, 0.6) is 5.75 Å². The fourth-order valence-corrected chi connectivity index (χ4v) is 2.03. The fourth-order valence-electron chi connectivity index (χ4n) is 2.03. The first-order valence-corrected chi connectivity index (χ1v) is 6.42. The molecule has 7 heteroatoms. The summed E-state index contributed by atoms with van der Waals surface area (Å²) in [5, 5.41) is 9.20. The molecule has 21 heavy (non-hydrogen) atoms. The number of ether oxygens (including phenoxy) is 1. The molecule has 0 saturated heterocycles. The zero-order chi connectivity index (χ0) is 15.0. The lowest BCUT2D eigenvalue weighted by molar-refractivity contribution is 0.0695. The lowest BCUT2D eigenvalue weighted by Gasteiger charge is -2.11. The zero-order valence-corrected chi connectivity index (χ0v) is 10.9. The number of H-pyrrole nitrogens is 2. The Morgan fingerprint density at radius 3 is 2.57 bits per heavy atom. The monoisotopic (exact) mass is 288 g/mol. The molecular weight excluding hydrogens is 276 g/mol. The van der Waals surface area contributed by atoms with E-state index in [1.54, 1.807) is 24.3 Å². The van der Waals surface area contributed by atoms with Crippen LogP contribution in [0, 0.1) is 0 Å². The smallest absolute Gasteiger partial charge is 0.343 e. The molecule has 0 atom stereocenters. The van der Waals surface area contributed by atoms with Crippen molar-refractivity contribution in [2.75, 3.05) is 0 Å². The highest BCUT2D eigenvalue weighted by Crippen LogP contribution is 2.34. The molecule has 2 aromatic rings. The van der Waals surface area contributed by atoms with Gasteiger partial charge in [-0.05, 0) is 25.0 Å². The molecule has 0 unspecified atom stereocenters. The summed E-state index contributed by atoms with van der Waals surface area (Å²) in [5.41, 5.74) is -1.89. The van der Waals surface area contributed by atoms with Gasteiger partial charge in [-0.2, -0.15) is 0 Å². The summed E-state index contributed by atoms with van der Waals surface area (Å²) in [5.74, 6) is -0.965. The molecule has 1 fully saturated rings. The van der Waals surface area contributed by atoms with Gasteiger partial charge in [0, 0.05) is 5.56 Å². The maximum Gasteiger partial charge on any atom is 0.343 e. The third kappa shape index (κ3) is 2.58. The number of carboxylic acids is 1. The first-order chi connectivity index (χ1) is 10.1. The van der Waals surface area contributed by atoms with Gasteiger partial charge >= 0.3 is 11.7 Å². The summed E-state index contributed by atoms with van der Waals surface area (Å²) in [6.45, 7) is 0. The van der Waals surface area contributed by atoms with Crippen molar-refractivity contribution in [1.82, 2.24) is 9.97 Å². The minimum atomic E-state index is -1.41. The summed E-state index contributed by atoms with van der Waals surface area (Å²) in [7, 11) is 0. The highest BCUT2D eigenvalue weighted by atomic mass is 16.5. The number of rotatable bonds is 4. The van der Waals surface area contributed by atoms with Crippen LogP contribution in [0.25, 0.3) is 11.3 Å². The topological polar surface area (TPSA) is 112 Å². The van der Waals surface area contributed by atoms with Crippen LogP contribution in [0.15, 0.2) is 33.9 Å². The van der Waals surface area contributed by atoms with Gasteiger partial charge in [-0.15, -0.1) is 0 Å². The number of benzene rings is 1. The van der Waals surface area contributed by atoms with E-state index in [9.17, 15) is 19.5 Å². The van der Waals surface area contributed by atoms with Crippen molar-refractivity contribution in [1.29, 1.82) is 0 Å². The number of aromatic nitrogens is 2. The van der Waals surface area contributed by atoms with Gasteiger partial charge in [0.1, 0.15) is 11.3 Å². The second-order valence-corrected chi connectivity index (χ2v) is 4.78. The summed E-state index contributed by atoms with van der Waals surface area (Å²) in [4.78, 5) is 38.8. The molecule has 0 radical (unpaired) electrons. The summed E-state index contributed by atoms with van der Waals surface area (Å²) >= 11 is 0. The molecule has 0 aliphatic heterocycles. The second-order valence-electron chi connectivity index (χ2n) is 4.78. The Morgan fingerprint density at radius 2 is 1.90 bits per heavy atom. The van der Waals surface area contributed by atoms with Crippen LogP contribution >= 0.6 is 0 Å². The molecule has 1 aromatic heterocycles. The first-order valence-electron chi connectivity index (χ1n) is 6.42. The highest BCUT2D eigenvalue weighted by Gasteiger charge is 2.26. The van der Waals surface area contributed by atoms with Crippen molar-refractivity contribution < 1.29 is 14.6 Å². The van der Waals surface area contributed by atoms with Crippen molar-refractivity contribution in [3.63, 3.8) is 0 Å². The Bertz CT molecular complexity index is 817. The van der Waals surface area contributed by atoms with Crippen molar-refractivity contribution in [3.8, 4) is 17.0 Å². The molecule has 3 N–H and O–H groups in total. The molecule has 0 amide bonds.